The zero-order valence-corrected chi connectivity index (χ0v) is 15.0. The van der Waals surface area contributed by atoms with E-state index in [1.807, 2.05) is 0 Å². The fourth-order valence-electron chi connectivity index (χ4n) is 2.00. The molecule has 6 nitrogen and oxygen atoms in total. The highest BCUT2D eigenvalue weighted by Crippen LogP contribution is 2.24. The molecule has 0 amide bonds. The number of sulfonamides is 1. The highest BCUT2D eigenvalue weighted by molar-refractivity contribution is 7.89. The summed E-state index contributed by atoms with van der Waals surface area (Å²) in [5.41, 5.74) is 0.0477. The van der Waals surface area contributed by atoms with Gasteiger partial charge in [0, 0.05) is 5.56 Å². The second kappa shape index (κ2) is 8.43. The Bertz CT molecular complexity index is 905. The molecule has 0 aliphatic rings. The van der Waals surface area contributed by atoms with Crippen LogP contribution in [0, 0.1) is 0 Å². The van der Waals surface area contributed by atoms with Crippen LogP contribution in [0.4, 0.5) is 8.78 Å². The molecule has 140 valence electrons. The van der Waals surface area contributed by atoms with Crippen LogP contribution in [0.1, 0.15) is 15.9 Å². The van der Waals surface area contributed by atoms with Crippen molar-refractivity contribution in [2.24, 2.45) is 0 Å². The first-order valence-corrected chi connectivity index (χ1v) is 9.03. The Balaban J connectivity index is 2.20. The molecule has 0 fully saturated rings. The molecule has 0 radical (unpaired) electrons. The number of para-hydroxylation sites is 1. The zero-order chi connectivity index (χ0) is 19.3. The third-order valence-corrected chi connectivity index (χ3v) is 5.03. The van der Waals surface area contributed by atoms with Crippen molar-refractivity contribution in [1.29, 1.82) is 0 Å². The Hall–Kier alpha value is -2.23. The second-order valence-electron chi connectivity index (χ2n) is 4.91. The molecule has 0 atom stereocenters. The molecule has 2 rings (SSSR count). The number of rotatable bonds is 7. The Morgan fingerprint density at radius 3 is 2.58 bits per heavy atom. The number of carbonyl (C=O) groups is 1. The van der Waals surface area contributed by atoms with Crippen LogP contribution in [0.2, 0.25) is 5.02 Å². The van der Waals surface area contributed by atoms with Gasteiger partial charge in [0.15, 0.2) is 0 Å². The molecule has 2 aromatic carbocycles. The van der Waals surface area contributed by atoms with Gasteiger partial charge in [0.25, 0.3) is 0 Å². The average molecular weight is 406 g/mol. The maximum Gasteiger partial charge on any atom is 0.387 e. The minimum absolute atomic E-state index is 0.0119. The summed E-state index contributed by atoms with van der Waals surface area (Å²) in [6.45, 7) is -3.38. The lowest BCUT2D eigenvalue weighted by molar-refractivity contribution is -0.0510. The van der Waals surface area contributed by atoms with Crippen molar-refractivity contribution in [3.05, 3.63) is 58.6 Å². The predicted molar refractivity (Wildman–Crippen MR) is 89.9 cm³/mol. The van der Waals surface area contributed by atoms with E-state index >= 15 is 0 Å². The van der Waals surface area contributed by atoms with E-state index in [1.165, 1.54) is 37.4 Å². The third kappa shape index (κ3) is 4.90. The summed E-state index contributed by atoms with van der Waals surface area (Å²) >= 11 is 5.93. The first kappa shape index (κ1) is 20.1. The molecular weight excluding hydrogens is 392 g/mol. The van der Waals surface area contributed by atoms with Crippen LogP contribution in [0.15, 0.2) is 47.4 Å². The van der Waals surface area contributed by atoms with Crippen molar-refractivity contribution >= 4 is 27.6 Å². The van der Waals surface area contributed by atoms with Gasteiger partial charge in [-0.3, -0.25) is 0 Å². The highest BCUT2D eigenvalue weighted by Gasteiger charge is 2.19. The molecule has 0 bridgehead atoms. The molecule has 26 heavy (non-hydrogen) atoms. The van der Waals surface area contributed by atoms with Gasteiger partial charge in [-0.25, -0.2) is 17.9 Å². The Morgan fingerprint density at radius 2 is 1.92 bits per heavy atom. The number of halogens is 3. The van der Waals surface area contributed by atoms with E-state index in [-0.39, 0.29) is 33.4 Å². The first-order valence-electron chi connectivity index (χ1n) is 7.17. The number of hydrogen-bond donors (Lipinski definition) is 1. The van der Waals surface area contributed by atoms with E-state index < -0.39 is 22.6 Å². The molecular formula is C16H14ClF2NO5S. The van der Waals surface area contributed by atoms with E-state index in [0.717, 1.165) is 6.07 Å². The predicted octanol–water partition coefficient (Wildman–Crippen LogP) is 3.21. The van der Waals surface area contributed by atoms with Gasteiger partial charge in [-0.15, -0.1) is 0 Å². The lowest BCUT2D eigenvalue weighted by Crippen LogP contribution is -2.19. The molecule has 0 heterocycles. The lowest BCUT2D eigenvalue weighted by atomic mass is 10.2. The van der Waals surface area contributed by atoms with E-state index in [1.54, 1.807) is 6.07 Å². The van der Waals surface area contributed by atoms with Crippen molar-refractivity contribution in [2.75, 3.05) is 7.05 Å². The highest BCUT2D eigenvalue weighted by atomic mass is 35.5. The number of ether oxygens (including phenoxy) is 2. The normalized spacial score (nSPS) is 11.4. The smallest absolute Gasteiger partial charge is 0.387 e. The number of esters is 1. The molecule has 0 spiro atoms. The number of hydrogen-bond acceptors (Lipinski definition) is 5. The summed E-state index contributed by atoms with van der Waals surface area (Å²) < 4.78 is 60.0. The quantitative estimate of drug-likeness (QED) is 0.715. The third-order valence-electron chi connectivity index (χ3n) is 3.28. The summed E-state index contributed by atoms with van der Waals surface area (Å²) in [5, 5.41) is -0.0119. The van der Waals surface area contributed by atoms with Crippen molar-refractivity contribution in [2.45, 2.75) is 18.1 Å². The number of nitrogens with one attached hydrogen (secondary N) is 1. The van der Waals surface area contributed by atoms with Crippen LogP contribution >= 0.6 is 11.6 Å². The summed E-state index contributed by atoms with van der Waals surface area (Å²) in [7, 11) is -2.55. The Kier molecular flexibility index (Phi) is 6.52. The van der Waals surface area contributed by atoms with Crippen LogP contribution < -0.4 is 9.46 Å². The first-order chi connectivity index (χ1) is 12.2. The van der Waals surface area contributed by atoms with Crippen molar-refractivity contribution < 1.29 is 31.5 Å². The van der Waals surface area contributed by atoms with E-state index in [0.29, 0.717) is 0 Å². The summed E-state index contributed by atoms with van der Waals surface area (Å²) in [4.78, 5) is 12.1. The lowest BCUT2D eigenvalue weighted by Gasteiger charge is -2.12. The summed E-state index contributed by atoms with van der Waals surface area (Å²) in [5.74, 6) is -1.04. The average Bonchev–Trinajstić information content (AvgIpc) is 2.60. The number of carbonyl (C=O) groups excluding carboxylic acids is 1. The van der Waals surface area contributed by atoms with Crippen LogP contribution in [-0.4, -0.2) is 28.0 Å². The van der Waals surface area contributed by atoms with Gasteiger partial charge in [-0.05, 0) is 31.3 Å². The molecule has 0 unspecified atom stereocenters. The molecule has 0 aliphatic heterocycles. The summed E-state index contributed by atoms with van der Waals surface area (Å²) in [6.07, 6.45) is 0. The van der Waals surface area contributed by atoms with Crippen molar-refractivity contribution in [1.82, 2.24) is 4.72 Å². The van der Waals surface area contributed by atoms with Gasteiger partial charge in [-0.1, -0.05) is 29.8 Å². The van der Waals surface area contributed by atoms with E-state index in [4.69, 9.17) is 16.3 Å². The fraction of sp³-hybridized carbons (Fsp3) is 0.188. The van der Waals surface area contributed by atoms with Gasteiger partial charge in [-0.2, -0.15) is 8.78 Å². The van der Waals surface area contributed by atoms with Crippen LogP contribution in [-0.2, 0) is 21.4 Å². The van der Waals surface area contributed by atoms with Gasteiger partial charge < -0.3 is 9.47 Å². The molecule has 1 N–H and O–H groups in total. The van der Waals surface area contributed by atoms with Crippen molar-refractivity contribution in [3.8, 4) is 5.75 Å². The maximum absolute atomic E-state index is 12.4. The van der Waals surface area contributed by atoms with Gasteiger partial charge in [0.2, 0.25) is 10.0 Å². The number of alkyl halides is 2. The van der Waals surface area contributed by atoms with Gasteiger partial charge in [0.05, 0.1) is 15.5 Å². The minimum atomic E-state index is -3.78. The maximum atomic E-state index is 12.4. The van der Waals surface area contributed by atoms with Crippen LogP contribution in [0.3, 0.4) is 0 Å². The van der Waals surface area contributed by atoms with E-state index in [2.05, 4.69) is 9.46 Å². The SMILES string of the molecule is CNS(=O)(=O)c1ccc(Cl)c(C(=O)OCc2ccccc2OC(F)F)c1. The molecule has 0 saturated heterocycles. The molecule has 0 aliphatic carbocycles. The van der Waals surface area contributed by atoms with Crippen molar-refractivity contribution in [3.63, 3.8) is 0 Å². The Morgan fingerprint density at radius 1 is 1.23 bits per heavy atom. The van der Waals surface area contributed by atoms with E-state index in [9.17, 15) is 22.0 Å². The fourth-order valence-corrected chi connectivity index (χ4v) is 2.95. The molecule has 2 aromatic rings. The number of benzene rings is 2. The monoisotopic (exact) mass is 405 g/mol. The summed E-state index contributed by atoms with van der Waals surface area (Å²) in [6, 6.07) is 9.36. The topological polar surface area (TPSA) is 81.7 Å². The van der Waals surface area contributed by atoms with Crippen LogP contribution in [0.25, 0.3) is 0 Å². The van der Waals surface area contributed by atoms with Gasteiger partial charge >= 0.3 is 12.6 Å². The second-order valence-corrected chi connectivity index (χ2v) is 7.21. The minimum Gasteiger partial charge on any atom is -0.457 e. The molecule has 0 saturated carbocycles. The Labute approximate surface area is 153 Å². The largest absolute Gasteiger partial charge is 0.457 e. The molecule has 0 aromatic heterocycles. The van der Waals surface area contributed by atoms with Gasteiger partial charge in [0.1, 0.15) is 12.4 Å². The standard InChI is InChI=1S/C16H14ClF2NO5S/c1-20-26(22,23)11-6-7-13(17)12(8-11)15(21)24-9-10-4-2-3-5-14(10)25-16(18)19/h2-8,16,20H,9H2,1H3. The molecule has 10 heteroatoms. The van der Waals surface area contributed by atoms with Crippen LogP contribution in [0.5, 0.6) is 5.75 Å². The zero-order valence-electron chi connectivity index (χ0n) is 13.4.